The van der Waals surface area contributed by atoms with Crippen molar-refractivity contribution in [2.45, 2.75) is 20.4 Å². The van der Waals surface area contributed by atoms with E-state index in [9.17, 15) is 4.79 Å². The summed E-state index contributed by atoms with van der Waals surface area (Å²) in [5.74, 6) is 0.677. The van der Waals surface area contributed by atoms with Gasteiger partial charge in [0, 0.05) is 37.9 Å². The standard InChI is InChI=1S/C14H19N5O/c1-4-15-12-7-10(2)18-8-11(12)14(20)19(3)9-13-16-5-6-17-13/h5-8H,4,9H2,1-3H3,(H,15,18)(H,16,17). The van der Waals surface area contributed by atoms with Gasteiger partial charge in [-0.2, -0.15) is 0 Å². The van der Waals surface area contributed by atoms with Crippen LogP contribution in [0.25, 0.3) is 0 Å². The Morgan fingerprint density at radius 1 is 1.45 bits per heavy atom. The van der Waals surface area contributed by atoms with Gasteiger partial charge in [-0.25, -0.2) is 4.98 Å². The van der Waals surface area contributed by atoms with Crippen LogP contribution in [0.2, 0.25) is 0 Å². The predicted molar refractivity (Wildman–Crippen MR) is 77.5 cm³/mol. The minimum Gasteiger partial charge on any atom is -0.385 e. The monoisotopic (exact) mass is 273 g/mol. The molecule has 0 aliphatic carbocycles. The summed E-state index contributed by atoms with van der Waals surface area (Å²) in [6.07, 6.45) is 5.03. The molecule has 2 rings (SSSR count). The highest BCUT2D eigenvalue weighted by molar-refractivity contribution is 5.99. The van der Waals surface area contributed by atoms with E-state index in [4.69, 9.17) is 0 Å². The van der Waals surface area contributed by atoms with Gasteiger partial charge in [0.1, 0.15) is 5.82 Å². The molecule has 0 bridgehead atoms. The largest absolute Gasteiger partial charge is 0.385 e. The van der Waals surface area contributed by atoms with Gasteiger partial charge in [0.05, 0.1) is 17.8 Å². The Bertz CT molecular complexity index is 579. The molecule has 0 saturated carbocycles. The minimum atomic E-state index is -0.0788. The van der Waals surface area contributed by atoms with Crippen molar-refractivity contribution in [2.24, 2.45) is 0 Å². The molecule has 2 aromatic rings. The zero-order chi connectivity index (χ0) is 14.5. The lowest BCUT2D eigenvalue weighted by molar-refractivity contribution is 0.0782. The molecule has 0 aliphatic heterocycles. The van der Waals surface area contributed by atoms with Crippen LogP contribution in [0.5, 0.6) is 0 Å². The van der Waals surface area contributed by atoms with Crippen LogP contribution in [0.1, 0.15) is 28.8 Å². The maximum Gasteiger partial charge on any atom is 0.257 e. The predicted octanol–water partition coefficient (Wildman–Crippen LogP) is 1.82. The summed E-state index contributed by atoms with van der Waals surface area (Å²) in [4.78, 5) is 25.4. The zero-order valence-corrected chi connectivity index (χ0v) is 12.0. The highest BCUT2D eigenvalue weighted by Gasteiger charge is 2.17. The van der Waals surface area contributed by atoms with E-state index in [2.05, 4.69) is 20.3 Å². The number of anilines is 1. The van der Waals surface area contributed by atoms with Crippen LogP contribution >= 0.6 is 0 Å². The van der Waals surface area contributed by atoms with Crippen LogP contribution < -0.4 is 5.32 Å². The van der Waals surface area contributed by atoms with E-state index in [1.54, 1.807) is 30.5 Å². The van der Waals surface area contributed by atoms with Crippen LogP contribution in [0.3, 0.4) is 0 Å². The first-order valence-electron chi connectivity index (χ1n) is 6.56. The third-order valence-electron chi connectivity index (χ3n) is 2.93. The molecule has 0 aliphatic rings. The number of aromatic nitrogens is 3. The van der Waals surface area contributed by atoms with Crippen LogP contribution in [0.15, 0.2) is 24.7 Å². The fraction of sp³-hybridized carbons (Fsp3) is 0.357. The molecule has 0 unspecified atom stereocenters. The molecule has 0 atom stereocenters. The van der Waals surface area contributed by atoms with Crippen molar-refractivity contribution in [3.8, 4) is 0 Å². The number of aromatic amines is 1. The Morgan fingerprint density at radius 2 is 2.25 bits per heavy atom. The molecular weight excluding hydrogens is 254 g/mol. The van der Waals surface area contributed by atoms with Crippen molar-refractivity contribution in [3.05, 3.63) is 41.7 Å². The van der Waals surface area contributed by atoms with Crippen molar-refractivity contribution in [3.63, 3.8) is 0 Å². The summed E-state index contributed by atoms with van der Waals surface area (Å²) in [6, 6.07) is 1.89. The lowest BCUT2D eigenvalue weighted by Crippen LogP contribution is -2.27. The summed E-state index contributed by atoms with van der Waals surface area (Å²) >= 11 is 0. The molecule has 2 heterocycles. The first-order valence-corrected chi connectivity index (χ1v) is 6.56. The van der Waals surface area contributed by atoms with Gasteiger partial charge in [-0.15, -0.1) is 0 Å². The molecular formula is C14H19N5O. The number of pyridine rings is 1. The molecule has 20 heavy (non-hydrogen) atoms. The number of hydrogen-bond acceptors (Lipinski definition) is 4. The molecule has 1 amide bonds. The number of carbonyl (C=O) groups is 1. The van der Waals surface area contributed by atoms with Crippen LogP contribution in [-0.4, -0.2) is 39.4 Å². The van der Waals surface area contributed by atoms with Gasteiger partial charge >= 0.3 is 0 Å². The van der Waals surface area contributed by atoms with E-state index >= 15 is 0 Å². The highest BCUT2D eigenvalue weighted by atomic mass is 16.2. The number of carbonyl (C=O) groups excluding carboxylic acids is 1. The molecule has 0 radical (unpaired) electrons. The maximum atomic E-state index is 12.5. The second-order valence-electron chi connectivity index (χ2n) is 4.60. The fourth-order valence-corrected chi connectivity index (χ4v) is 1.95. The van der Waals surface area contributed by atoms with Gasteiger partial charge in [-0.3, -0.25) is 9.78 Å². The van der Waals surface area contributed by atoms with Crippen LogP contribution in [0, 0.1) is 6.92 Å². The third kappa shape index (κ3) is 3.14. The smallest absolute Gasteiger partial charge is 0.257 e. The molecule has 0 saturated heterocycles. The number of hydrogen-bond donors (Lipinski definition) is 2. The second-order valence-corrected chi connectivity index (χ2v) is 4.60. The van der Waals surface area contributed by atoms with Gasteiger partial charge in [0.25, 0.3) is 5.91 Å². The Kier molecular flexibility index (Phi) is 4.34. The molecule has 2 N–H and O–H groups in total. The van der Waals surface area contributed by atoms with E-state index < -0.39 is 0 Å². The van der Waals surface area contributed by atoms with E-state index in [1.807, 2.05) is 19.9 Å². The Labute approximate surface area is 118 Å². The number of nitrogens with zero attached hydrogens (tertiary/aromatic N) is 3. The third-order valence-corrected chi connectivity index (χ3v) is 2.93. The number of aryl methyl sites for hydroxylation is 1. The Morgan fingerprint density at radius 3 is 2.90 bits per heavy atom. The molecule has 106 valence electrons. The van der Waals surface area contributed by atoms with Crippen LogP contribution in [0.4, 0.5) is 5.69 Å². The van der Waals surface area contributed by atoms with Crippen molar-refractivity contribution in [1.29, 1.82) is 0 Å². The second kappa shape index (κ2) is 6.18. The first kappa shape index (κ1) is 14.0. The number of rotatable bonds is 5. The molecule has 6 nitrogen and oxygen atoms in total. The lowest BCUT2D eigenvalue weighted by Gasteiger charge is -2.18. The van der Waals surface area contributed by atoms with Gasteiger partial charge < -0.3 is 15.2 Å². The molecule has 0 aromatic carbocycles. The van der Waals surface area contributed by atoms with E-state index in [0.29, 0.717) is 12.1 Å². The summed E-state index contributed by atoms with van der Waals surface area (Å²) in [6.45, 7) is 5.09. The summed E-state index contributed by atoms with van der Waals surface area (Å²) in [7, 11) is 1.75. The van der Waals surface area contributed by atoms with Crippen molar-refractivity contribution >= 4 is 11.6 Å². The van der Waals surface area contributed by atoms with Gasteiger partial charge in [-0.1, -0.05) is 0 Å². The molecule has 2 aromatic heterocycles. The SMILES string of the molecule is CCNc1cc(C)ncc1C(=O)N(C)Cc1ncc[nH]1. The average Bonchev–Trinajstić information content (AvgIpc) is 2.91. The van der Waals surface area contributed by atoms with Crippen molar-refractivity contribution in [2.75, 3.05) is 18.9 Å². The van der Waals surface area contributed by atoms with Gasteiger partial charge in [0.15, 0.2) is 0 Å². The number of H-pyrrole nitrogens is 1. The number of amides is 1. The summed E-state index contributed by atoms with van der Waals surface area (Å²) in [5, 5.41) is 3.20. The molecule has 6 heteroatoms. The fourth-order valence-electron chi connectivity index (χ4n) is 1.95. The number of imidazole rings is 1. The average molecular weight is 273 g/mol. The quantitative estimate of drug-likeness (QED) is 0.871. The zero-order valence-electron chi connectivity index (χ0n) is 12.0. The van der Waals surface area contributed by atoms with E-state index in [-0.39, 0.29) is 5.91 Å². The molecule has 0 fully saturated rings. The summed E-state index contributed by atoms with van der Waals surface area (Å²) < 4.78 is 0. The Hall–Kier alpha value is -2.37. The maximum absolute atomic E-state index is 12.5. The molecule has 0 spiro atoms. The van der Waals surface area contributed by atoms with Gasteiger partial charge in [-0.05, 0) is 19.9 Å². The van der Waals surface area contributed by atoms with E-state index in [1.165, 1.54) is 0 Å². The first-order chi connectivity index (χ1) is 9.61. The highest BCUT2D eigenvalue weighted by Crippen LogP contribution is 2.17. The lowest BCUT2D eigenvalue weighted by atomic mass is 10.2. The summed E-state index contributed by atoms with van der Waals surface area (Å²) in [5.41, 5.74) is 2.27. The normalized spacial score (nSPS) is 10.3. The Balaban J connectivity index is 2.19. The topological polar surface area (TPSA) is 73.9 Å². The van der Waals surface area contributed by atoms with Crippen molar-refractivity contribution in [1.82, 2.24) is 19.9 Å². The number of nitrogens with one attached hydrogen (secondary N) is 2. The minimum absolute atomic E-state index is 0.0788. The van der Waals surface area contributed by atoms with Crippen molar-refractivity contribution < 1.29 is 4.79 Å². The van der Waals surface area contributed by atoms with Crippen LogP contribution in [-0.2, 0) is 6.54 Å². The van der Waals surface area contributed by atoms with E-state index in [0.717, 1.165) is 23.8 Å². The van der Waals surface area contributed by atoms with Gasteiger partial charge in [0.2, 0.25) is 0 Å².